The molecule has 0 bridgehead atoms. The van der Waals surface area contributed by atoms with Crippen LogP contribution in [0.25, 0.3) is 0 Å². The third-order valence-electron chi connectivity index (χ3n) is 3.79. The molecule has 0 rings (SSSR count). The SMILES string of the molecule is CCC(C)N(C)CCCCC(C)(CO)NC. The minimum absolute atomic E-state index is 0.102. The lowest BCUT2D eigenvalue weighted by molar-refractivity contribution is 0.167. The van der Waals surface area contributed by atoms with Gasteiger partial charge >= 0.3 is 0 Å². The molecule has 98 valence electrons. The second-order valence-corrected chi connectivity index (χ2v) is 5.16. The Balaban J connectivity index is 3.67. The van der Waals surface area contributed by atoms with Gasteiger partial charge in [0.05, 0.1) is 6.61 Å². The Hall–Kier alpha value is -0.120. The van der Waals surface area contributed by atoms with Crippen LogP contribution in [0.15, 0.2) is 0 Å². The molecule has 0 saturated carbocycles. The van der Waals surface area contributed by atoms with Crippen molar-refractivity contribution in [1.29, 1.82) is 0 Å². The fourth-order valence-corrected chi connectivity index (χ4v) is 1.69. The Morgan fingerprint density at radius 1 is 1.38 bits per heavy atom. The van der Waals surface area contributed by atoms with Crippen molar-refractivity contribution in [2.75, 3.05) is 27.2 Å². The molecule has 0 heterocycles. The number of aliphatic hydroxyl groups is 1. The normalized spacial score (nSPS) is 17.4. The first-order chi connectivity index (χ1) is 7.49. The van der Waals surface area contributed by atoms with E-state index in [4.69, 9.17) is 0 Å². The summed E-state index contributed by atoms with van der Waals surface area (Å²) in [5.74, 6) is 0. The lowest BCUT2D eigenvalue weighted by Gasteiger charge is -2.28. The van der Waals surface area contributed by atoms with Crippen molar-refractivity contribution in [2.24, 2.45) is 0 Å². The van der Waals surface area contributed by atoms with Gasteiger partial charge in [0, 0.05) is 11.6 Å². The van der Waals surface area contributed by atoms with E-state index in [1.807, 2.05) is 7.05 Å². The predicted molar refractivity (Wildman–Crippen MR) is 70.8 cm³/mol. The largest absolute Gasteiger partial charge is 0.394 e. The van der Waals surface area contributed by atoms with Gasteiger partial charge in [0.25, 0.3) is 0 Å². The molecule has 0 fully saturated rings. The van der Waals surface area contributed by atoms with Gasteiger partial charge in [0.1, 0.15) is 0 Å². The van der Waals surface area contributed by atoms with E-state index in [1.54, 1.807) is 0 Å². The maximum Gasteiger partial charge on any atom is 0.0610 e. The molecule has 0 saturated heterocycles. The van der Waals surface area contributed by atoms with Gasteiger partial charge in [-0.25, -0.2) is 0 Å². The van der Waals surface area contributed by atoms with Crippen LogP contribution in [0.1, 0.15) is 46.5 Å². The van der Waals surface area contributed by atoms with E-state index in [0.29, 0.717) is 6.04 Å². The standard InChI is InChI=1S/C13H30N2O/c1-6-12(2)15(5)10-8-7-9-13(3,11-16)14-4/h12,14,16H,6-11H2,1-5H3. The van der Waals surface area contributed by atoms with Crippen LogP contribution in [0.4, 0.5) is 0 Å². The van der Waals surface area contributed by atoms with E-state index in [0.717, 1.165) is 13.0 Å². The topological polar surface area (TPSA) is 35.5 Å². The van der Waals surface area contributed by atoms with Crippen LogP contribution < -0.4 is 5.32 Å². The number of nitrogens with zero attached hydrogens (tertiary/aromatic N) is 1. The van der Waals surface area contributed by atoms with Crippen LogP contribution in [0.3, 0.4) is 0 Å². The molecule has 3 heteroatoms. The van der Waals surface area contributed by atoms with Crippen LogP contribution in [0.5, 0.6) is 0 Å². The molecule has 2 N–H and O–H groups in total. The highest BCUT2D eigenvalue weighted by Crippen LogP contribution is 2.13. The van der Waals surface area contributed by atoms with E-state index < -0.39 is 0 Å². The molecule has 0 aliphatic rings. The van der Waals surface area contributed by atoms with Gasteiger partial charge in [-0.3, -0.25) is 0 Å². The molecule has 3 nitrogen and oxygen atoms in total. The number of hydrogen-bond acceptors (Lipinski definition) is 3. The molecule has 0 aliphatic heterocycles. The summed E-state index contributed by atoms with van der Waals surface area (Å²) in [6.07, 6.45) is 4.62. The second kappa shape index (κ2) is 8.04. The Kier molecular flexibility index (Phi) is 7.98. The van der Waals surface area contributed by atoms with Gasteiger partial charge in [-0.1, -0.05) is 13.3 Å². The first-order valence-electron chi connectivity index (χ1n) is 6.49. The van der Waals surface area contributed by atoms with Crippen LogP contribution >= 0.6 is 0 Å². The molecule has 0 aromatic carbocycles. The van der Waals surface area contributed by atoms with Crippen molar-refractivity contribution in [1.82, 2.24) is 10.2 Å². The number of aliphatic hydroxyl groups excluding tert-OH is 1. The highest BCUT2D eigenvalue weighted by atomic mass is 16.3. The predicted octanol–water partition coefficient (Wildman–Crippen LogP) is 1.86. The molecule has 0 radical (unpaired) electrons. The molecule has 2 unspecified atom stereocenters. The number of nitrogens with one attached hydrogen (secondary N) is 1. The average molecular weight is 230 g/mol. The Bertz CT molecular complexity index is 169. The molecule has 2 atom stereocenters. The van der Waals surface area contributed by atoms with Gasteiger partial charge in [0.15, 0.2) is 0 Å². The maximum absolute atomic E-state index is 9.25. The highest BCUT2D eigenvalue weighted by Gasteiger charge is 2.19. The smallest absolute Gasteiger partial charge is 0.0610 e. The molecule has 0 spiro atoms. The molecule has 16 heavy (non-hydrogen) atoms. The van der Waals surface area contributed by atoms with Crippen LogP contribution in [0.2, 0.25) is 0 Å². The fraction of sp³-hybridized carbons (Fsp3) is 1.00. The lowest BCUT2D eigenvalue weighted by Crippen LogP contribution is -2.43. The van der Waals surface area contributed by atoms with E-state index in [9.17, 15) is 5.11 Å². The molecular weight excluding hydrogens is 200 g/mol. The zero-order chi connectivity index (χ0) is 12.6. The minimum atomic E-state index is -0.102. The number of rotatable bonds is 9. The van der Waals surface area contributed by atoms with Gasteiger partial charge in [-0.15, -0.1) is 0 Å². The first-order valence-corrected chi connectivity index (χ1v) is 6.49. The third kappa shape index (κ3) is 5.83. The van der Waals surface area contributed by atoms with Gasteiger partial charge in [0.2, 0.25) is 0 Å². The van der Waals surface area contributed by atoms with Crippen molar-refractivity contribution >= 4 is 0 Å². The molecule has 0 aromatic heterocycles. The summed E-state index contributed by atoms with van der Waals surface area (Å²) in [7, 11) is 4.11. The van der Waals surface area contributed by atoms with Gasteiger partial charge in [-0.05, 0) is 53.8 Å². The van der Waals surface area contributed by atoms with E-state index in [1.165, 1.54) is 19.3 Å². The molecule has 0 aliphatic carbocycles. The molecule has 0 aromatic rings. The fourth-order valence-electron chi connectivity index (χ4n) is 1.69. The summed E-state index contributed by atoms with van der Waals surface area (Å²) in [5.41, 5.74) is -0.102. The second-order valence-electron chi connectivity index (χ2n) is 5.16. The summed E-state index contributed by atoms with van der Waals surface area (Å²) >= 11 is 0. The monoisotopic (exact) mass is 230 g/mol. The third-order valence-corrected chi connectivity index (χ3v) is 3.79. The highest BCUT2D eigenvalue weighted by molar-refractivity contribution is 4.80. The van der Waals surface area contributed by atoms with Crippen LogP contribution in [0, 0.1) is 0 Å². The van der Waals surface area contributed by atoms with Crippen molar-refractivity contribution in [3.63, 3.8) is 0 Å². The first kappa shape index (κ1) is 15.9. The van der Waals surface area contributed by atoms with E-state index in [2.05, 4.69) is 38.0 Å². The van der Waals surface area contributed by atoms with E-state index >= 15 is 0 Å². The van der Waals surface area contributed by atoms with E-state index in [-0.39, 0.29) is 12.1 Å². The Morgan fingerprint density at radius 3 is 2.44 bits per heavy atom. The Labute approximate surface area is 101 Å². The molecule has 0 amide bonds. The quantitative estimate of drug-likeness (QED) is 0.594. The summed E-state index contributed by atoms with van der Waals surface area (Å²) in [6.45, 7) is 7.94. The summed E-state index contributed by atoms with van der Waals surface area (Å²) < 4.78 is 0. The summed E-state index contributed by atoms with van der Waals surface area (Å²) in [6, 6.07) is 0.675. The van der Waals surface area contributed by atoms with Crippen molar-refractivity contribution in [3.8, 4) is 0 Å². The number of hydrogen-bond donors (Lipinski definition) is 2. The maximum atomic E-state index is 9.25. The van der Waals surface area contributed by atoms with Crippen molar-refractivity contribution in [2.45, 2.75) is 58.0 Å². The van der Waals surface area contributed by atoms with Crippen molar-refractivity contribution in [3.05, 3.63) is 0 Å². The Morgan fingerprint density at radius 2 is 2.00 bits per heavy atom. The zero-order valence-electron chi connectivity index (χ0n) is 11.7. The number of likely N-dealkylation sites (N-methyl/N-ethyl adjacent to an activating group) is 1. The average Bonchev–Trinajstić information content (AvgIpc) is 2.32. The summed E-state index contributed by atoms with van der Waals surface area (Å²) in [5, 5.41) is 12.4. The molecular formula is C13H30N2O. The van der Waals surface area contributed by atoms with Crippen LogP contribution in [-0.2, 0) is 0 Å². The summed E-state index contributed by atoms with van der Waals surface area (Å²) in [4.78, 5) is 2.41. The number of unbranched alkanes of at least 4 members (excludes halogenated alkanes) is 1. The van der Waals surface area contributed by atoms with Crippen LogP contribution in [-0.4, -0.2) is 48.8 Å². The minimum Gasteiger partial charge on any atom is -0.394 e. The zero-order valence-corrected chi connectivity index (χ0v) is 11.7. The lowest BCUT2D eigenvalue weighted by atomic mass is 9.96. The van der Waals surface area contributed by atoms with Crippen molar-refractivity contribution < 1.29 is 5.11 Å². The van der Waals surface area contributed by atoms with Gasteiger partial charge < -0.3 is 15.3 Å². The van der Waals surface area contributed by atoms with Gasteiger partial charge in [-0.2, -0.15) is 0 Å².